The minimum atomic E-state index is 0.699. The Morgan fingerprint density at radius 1 is 0.875 bits per heavy atom. The Kier molecular flexibility index (Phi) is 2.27. The van der Waals surface area contributed by atoms with Gasteiger partial charge in [0, 0.05) is 20.8 Å². The highest BCUT2D eigenvalue weighted by atomic mass is 35.5. The second-order valence-corrected chi connectivity index (χ2v) is 4.41. The zero-order valence-corrected chi connectivity index (χ0v) is 9.73. The molecule has 0 aliphatic heterocycles. The van der Waals surface area contributed by atoms with Crippen molar-refractivity contribution in [3.8, 4) is 0 Å². The van der Waals surface area contributed by atoms with Gasteiger partial charge in [-0.05, 0) is 47.2 Å². The number of rotatable bonds is 0. The summed E-state index contributed by atoms with van der Waals surface area (Å²) in [5.74, 6) is 0. The van der Waals surface area contributed by atoms with Crippen molar-refractivity contribution < 1.29 is 0 Å². The van der Waals surface area contributed by atoms with Crippen LogP contribution in [0.25, 0.3) is 21.5 Å². The molecule has 0 atom stereocenters. The molecule has 2 radical (unpaired) electrons. The minimum absolute atomic E-state index is 0.699. The minimum Gasteiger partial charge on any atom is -0.0836 e. The molecule has 3 aromatic rings. The smallest absolute Gasteiger partial charge is 0.0496 e. The van der Waals surface area contributed by atoms with E-state index in [0.29, 0.717) is 5.02 Å². The maximum absolute atomic E-state index is 6.21. The third-order valence-corrected chi connectivity index (χ3v) is 3.26. The molecule has 2 heteroatoms. The third kappa shape index (κ3) is 1.38. The number of hydrogen-bond acceptors (Lipinski definition) is 0. The Morgan fingerprint density at radius 3 is 2.62 bits per heavy atom. The van der Waals surface area contributed by atoms with Crippen molar-refractivity contribution in [1.29, 1.82) is 0 Å². The molecular formula is C14H6Cl2. The predicted molar refractivity (Wildman–Crippen MR) is 69.1 cm³/mol. The Morgan fingerprint density at radius 2 is 1.75 bits per heavy atom. The summed E-state index contributed by atoms with van der Waals surface area (Å²) in [5.41, 5.74) is 0. The molecule has 0 N–H and O–H groups in total. The van der Waals surface area contributed by atoms with Crippen LogP contribution in [0.1, 0.15) is 0 Å². The van der Waals surface area contributed by atoms with E-state index in [2.05, 4.69) is 12.1 Å². The molecule has 0 aromatic heterocycles. The first kappa shape index (κ1) is 9.95. The fraction of sp³-hybridized carbons (Fsp3) is 0. The monoisotopic (exact) mass is 244 g/mol. The van der Waals surface area contributed by atoms with Crippen molar-refractivity contribution in [2.75, 3.05) is 0 Å². The molecular weight excluding hydrogens is 239 g/mol. The Hall–Kier alpha value is -1.24. The third-order valence-electron chi connectivity index (χ3n) is 2.65. The van der Waals surface area contributed by atoms with Gasteiger partial charge < -0.3 is 0 Å². The Labute approximate surface area is 103 Å². The number of halogens is 2. The second kappa shape index (κ2) is 3.65. The normalized spacial score (nSPS) is 11.1. The number of hydrogen-bond donors (Lipinski definition) is 0. The van der Waals surface area contributed by atoms with E-state index in [-0.39, 0.29) is 0 Å². The highest BCUT2D eigenvalue weighted by Crippen LogP contribution is 2.35. The Balaban J connectivity index is 2.67. The molecule has 0 spiro atoms. The maximum atomic E-state index is 6.21. The van der Waals surface area contributed by atoms with Crippen LogP contribution in [0.15, 0.2) is 36.4 Å². The van der Waals surface area contributed by atoms with Crippen molar-refractivity contribution in [2.24, 2.45) is 0 Å². The molecule has 0 fully saturated rings. The van der Waals surface area contributed by atoms with E-state index in [9.17, 15) is 0 Å². The van der Waals surface area contributed by atoms with Gasteiger partial charge in [0.25, 0.3) is 0 Å². The molecule has 0 amide bonds. The van der Waals surface area contributed by atoms with Crippen LogP contribution in [0.5, 0.6) is 0 Å². The van der Waals surface area contributed by atoms with Gasteiger partial charge in [-0.1, -0.05) is 35.3 Å². The summed E-state index contributed by atoms with van der Waals surface area (Å²) in [6.07, 6.45) is 0. The van der Waals surface area contributed by atoms with Gasteiger partial charge in [0.1, 0.15) is 0 Å². The van der Waals surface area contributed by atoms with Crippen molar-refractivity contribution in [3.63, 3.8) is 0 Å². The summed E-state index contributed by atoms with van der Waals surface area (Å²) in [6, 6.07) is 17.3. The first-order valence-electron chi connectivity index (χ1n) is 4.85. The standard InChI is InChI=1S/C14H6Cl2/c15-12-7-3-4-9-8-13(16)10-5-1-2-6-11(10)14(9)12/h2,4-8H. The zero-order chi connectivity index (χ0) is 11.1. The number of fused-ring (bicyclic) bond motifs is 3. The molecule has 76 valence electrons. The quantitative estimate of drug-likeness (QED) is 0.494. The molecule has 3 aromatic carbocycles. The summed E-state index contributed by atoms with van der Waals surface area (Å²) in [5, 5.41) is 5.48. The van der Waals surface area contributed by atoms with Gasteiger partial charge in [-0.25, -0.2) is 0 Å². The molecule has 0 bridgehead atoms. The average molecular weight is 245 g/mol. The summed E-state index contributed by atoms with van der Waals surface area (Å²) >= 11 is 12.4. The van der Waals surface area contributed by atoms with Gasteiger partial charge in [-0.15, -0.1) is 0 Å². The van der Waals surface area contributed by atoms with Gasteiger partial charge in [0.15, 0.2) is 0 Å². The van der Waals surface area contributed by atoms with Crippen LogP contribution in [-0.4, -0.2) is 0 Å². The van der Waals surface area contributed by atoms with Gasteiger partial charge in [0.2, 0.25) is 0 Å². The van der Waals surface area contributed by atoms with E-state index in [1.165, 1.54) is 0 Å². The van der Waals surface area contributed by atoms with Crippen LogP contribution in [0, 0.1) is 12.1 Å². The average Bonchev–Trinajstić information content (AvgIpc) is 2.29. The molecule has 0 saturated heterocycles. The molecule has 3 rings (SSSR count). The van der Waals surface area contributed by atoms with Crippen molar-refractivity contribution in [1.82, 2.24) is 0 Å². The van der Waals surface area contributed by atoms with Gasteiger partial charge >= 0.3 is 0 Å². The molecule has 16 heavy (non-hydrogen) atoms. The molecule has 0 nitrogen and oxygen atoms in total. The largest absolute Gasteiger partial charge is 0.0836 e. The van der Waals surface area contributed by atoms with Crippen LogP contribution in [0.4, 0.5) is 0 Å². The fourth-order valence-electron chi connectivity index (χ4n) is 1.95. The van der Waals surface area contributed by atoms with Crippen molar-refractivity contribution >= 4 is 44.7 Å². The van der Waals surface area contributed by atoms with E-state index in [1.807, 2.05) is 30.3 Å². The van der Waals surface area contributed by atoms with E-state index in [0.717, 1.165) is 26.6 Å². The lowest BCUT2D eigenvalue weighted by atomic mass is 10.0. The van der Waals surface area contributed by atoms with E-state index in [4.69, 9.17) is 23.2 Å². The van der Waals surface area contributed by atoms with Gasteiger partial charge in [-0.2, -0.15) is 0 Å². The lowest BCUT2D eigenvalue weighted by Gasteiger charge is -2.07. The first-order chi connectivity index (χ1) is 7.77. The van der Waals surface area contributed by atoms with Crippen LogP contribution in [-0.2, 0) is 0 Å². The summed E-state index contributed by atoms with van der Waals surface area (Å²) in [6.45, 7) is 0. The van der Waals surface area contributed by atoms with Crippen LogP contribution in [0.2, 0.25) is 10.0 Å². The first-order valence-corrected chi connectivity index (χ1v) is 5.60. The molecule has 0 aliphatic rings. The van der Waals surface area contributed by atoms with Crippen LogP contribution in [0.3, 0.4) is 0 Å². The topological polar surface area (TPSA) is 0 Å². The van der Waals surface area contributed by atoms with Crippen LogP contribution < -0.4 is 0 Å². The summed E-state index contributed by atoms with van der Waals surface area (Å²) in [4.78, 5) is 0. The second-order valence-electron chi connectivity index (χ2n) is 3.60. The molecule has 0 heterocycles. The lowest BCUT2D eigenvalue weighted by Crippen LogP contribution is -1.80. The van der Waals surface area contributed by atoms with E-state index >= 15 is 0 Å². The van der Waals surface area contributed by atoms with Crippen molar-refractivity contribution in [2.45, 2.75) is 0 Å². The molecule has 0 unspecified atom stereocenters. The molecule has 0 aliphatic carbocycles. The predicted octanol–water partition coefficient (Wildman–Crippen LogP) is 4.90. The zero-order valence-electron chi connectivity index (χ0n) is 8.22. The highest BCUT2D eigenvalue weighted by molar-refractivity contribution is 6.41. The fourth-order valence-corrected chi connectivity index (χ4v) is 2.49. The van der Waals surface area contributed by atoms with Crippen LogP contribution >= 0.6 is 23.2 Å². The SMILES string of the molecule is Clc1cc2c[c]cc(Cl)c2c2cc[c]cc12. The van der Waals surface area contributed by atoms with Gasteiger partial charge in [0.05, 0.1) is 0 Å². The maximum Gasteiger partial charge on any atom is 0.0496 e. The Bertz CT molecular complexity index is 687. The van der Waals surface area contributed by atoms with Gasteiger partial charge in [-0.3, -0.25) is 0 Å². The van der Waals surface area contributed by atoms with Crippen molar-refractivity contribution in [3.05, 3.63) is 58.6 Å². The van der Waals surface area contributed by atoms with E-state index in [1.54, 1.807) is 6.07 Å². The summed E-state index contributed by atoms with van der Waals surface area (Å²) in [7, 11) is 0. The molecule has 0 saturated carbocycles. The van der Waals surface area contributed by atoms with E-state index < -0.39 is 0 Å². The highest BCUT2D eigenvalue weighted by Gasteiger charge is 2.07. The lowest BCUT2D eigenvalue weighted by molar-refractivity contribution is 1.74. The summed E-state index contributed by atoms with van der Waals surface area (Å²) < 4.78 is 0. The number of benzene rings is 3.